The number of halogens is 1. The third kappa shape index (κ3) is 3.10. The minimum atomic E-state index is -0.902. The van der Waals surface area contributed by atoms with Gasteiger partial charge in [-0.1, -0.05) is 18.5 Å². The summed E-state index contributed by atoms with van der Waals surface area (Å²) in [5, 5.41) is 12.3. The van der Waals surface area contributed by atoms with E-state index in [2.05, 4.69) is 10.3 Å². The van der Waals surface area contributed by atoms with Crippen LogP contribution in [-0.4, -0.2) is 22.0 Å². The highest BCUT2D eigenvalue weighted by Crippen LogP contribution is 2.37. The number of anilines is 1. The predicted molar refractivity (Wildman–Crippen MR) is 75.6 cm³/mol. The summed E-state index contributed by atoms with van der Waals surface area (Å²) in [6.45, 7) is 3.71. The Balaban J connectivity index is 2.13. The normalized spacial score (nSPS) is 25.4. The van der Waals surface area contributed by atoms with E-state index >= 15 is 0 Å². The summed E-state index contributed by atoms with van der Waals surface area (Å²) in [4.78, 5) is 27.6. The Bertz CT molecular complexity index is 547. The van der Waals surface area contributed by atoms with Gasteiger partial charge in [0.1, 0.15) is 5.15 Å². The molecule has 5 nitrogen and oxygen atoms in total. The fourth-order valence-electron chi connectivity index (χ4n) is 2.74. The number of carboxylic acids is 1. The first-order chi connectivity index (χ1) is 9.38. The zero-order valence-electron chi connectivity index (χ0n) is 11.4. The van der Waals surface area contributed by atoms with Crippen molar-refractivity contribution < 1.29 is 14.7 Å². The molecule has 1 aliphatic rings. The van der Waals surface area contributed by atoms with E-state index in [0.717, 1.165) is 0 Å². The number of aromatic nitrogens is 1. The van der Waals surface area contributed by atoms with Crippen molar-refractivity contribution in [3.63, 3.8) is 0 Å². The molecule has 1 heterocycles. The van der Waals surface area contributed by atoms with Gasteiger partial charge in [-0.2, -0.15) is 0 Å². The molecule has 2 N–H and O–H groups in total. The van der Waals surface area contributed by atoms with Gasteiger partial charge in [-0.15, -0.1) is 0 Å². The molecule has 108 valence electrons. The average Bonchev–Trinajstić information content (AvgIpc) is 2.75. The molecule has 20 heavy (non-hydrogen) atoms. The van der Waals surface area contributed by atoms with E-state index in [4.69, 9.17) is 11.6 Å². The lowest BCUT2D eigenvalue weighted by molar-refractivity contribution is -0.145. The van der Waals surface area contributed by atoms with Crippen LogP contribution in [0.3, 0.4) is 0 Å². The van der Waals surface area contributed by atoms with Crippen molar-refractivity contribution in [3.8, 4) is 0 Å². The molecule has 0 spiro atoms. The number of pyridine rings is 1. The van der Waals surface area contributed by atoms with Crippen molar-refractivity contribution in [2.45, 2.75) is 26.7 Å². The number of amides is 1. The van der Waals surface area contributed by atoms with Gasteiger partial charge in [0.25, 0.3) is 0 Å². The Morgan fingerprint density at radius 3 is 2.60 bits per heavy atom. The minimum absolute atomic E-state index is 0.247. The van der Waals surface area contributed by atoms with Gasteiger partial charge in [0.05, 0.1) is 23.2 Å². The number of nitrogens with one attached hydrogen (secondary N) is 1. The van der Waals surface area contributed by atoms with Crippen LogP contribution in [-0.2, 0) is 9.59 Å². The molecule has 1 fully saturated rings. The van der Waals surface area contributed by atoms with E-state index in [1.165, 1.54) is 0 Å². The fraction of sp³-hybridized carbons (Fsp3) is 0.500. The quantitative estimate of drug-likeness (QED) is 0.841. The molecule has 0 bridgehead atoms. The fourth-order valence-corrected chi connectivity index (χ4v) is 2.93. The zero-order chi connectivity index (χ0) is 14.9. The van der Waals surface area contributed by atoms with Crippen molar-refractivity contribution in [2.75, 3.05) is 5.32 Å². The lowest BCUT2D eigenvalue weighted by Crippen LogP contribution is -2.30. The van der Waals surface area contributed by atoms with Gasteiger partial charge in [-0.05, 0) is 37.8 Å². The molecule has 0 aromatic carbocycles. The summed E-state index contributed by atoms with van der Waals surface area (Å²) in [5.74, 6) is -2.01. The number of carbonyl (C=O) groups is 2. The highest BCUT2D eigenvalue weighted by molar-refractivity contribution is 6.29. The third-order valence-electron chi connectivity index (χ3n) is 3.76. The number of aliphatic carboxylic acids is 1. The second-order valence-corrected chi connectivity index (χ2v) is 5.77. The molecular weight excluding hydrogens is 280 g/mol. The highest BCUT2D eigenvalue weighted by Gasteiger charge is 2.41. The summed E-state index contributed by atoms with van der Waals surface area (Å²) in [6.07, 6.45) is 1.15. The number of aryl methyl sites for hydroxylation is 1. The lowest BCUT2D eigenvalue weighted by atomic mass is 9.95. The monoisotopic (exact) mass is 296 g/mol. The van der Waals surface area contributed by atoms with Crippen molar-refractivity contribution >= 4 is 29.2 Å². The Morgan fingerprint density at radius 1 is 1.35 bits per heavy atom. The van der Waals surface area contributed by atoms with Gasteiger partial charge < -0.3 is 10.4 Å². The van der Waals surface area contributed by atoms with Crippen LogP contribution in [0.2, 0.25) is 5.15 Å². The Morgan fingerprint density at radius 2 is 2.00 bits per heavy atom. The molecule has 3 atom stereocenters. The highest BCUT2D eigenvalue weighted by atomic mass is 35.5. The van der Waals surface area contributed by atoms with Crippen LogP contribution in [0.4, 0.5) is 5.69 Å². The molecule has 0 radical (unpaired) electrons. The van der Waals surface area contributed by atoms with E-state index in [0.29, 0.717) is 29.4 Å². The maximum absolute atomic E-state index is 12.3. The molecule has 1 unspecified atom stereocenters. The van der Waals surface area contributed by atoms with Crippen LogP contribution >= 0.6 is 11.6 Å². The number of nitrogens with zero attached hydrogens (tertiary/aromatic N) is 1. The van der Waals surface area contributed by atoms with Crippen molar-refractivity contribution in [2.24, 2.45) is 17.8 Å². The Labute approximate surface area is 122 Å². The Hall–Kier alpha value is -1.62. The van der Waals surface area contributed by atoms with Crippen LogP contribution in [0.5, 0.6) is 0 Å². The number of rotatable bonds is 3. The molecule has 1 saturated carbocycles. The first-order valence-electron chi connectivity index (χ1n) is 6.55. The molecule has 0 saturated heterocycles. The number of carbonyl (C=O) groups excluding carboxylic acids is 1. The molecule has 6 heteroatoms. The third-order valence-corrected chi connectivity index (χ3v) is 3.97. The van der Waals surface area contributed by atoms with E-state index in [9.17, 15) is 14.7 Å². The van der Waals surface area contributed by atoms with Crippen molar-refractivity contribution in [1.82, 2.24) is 4.98 Å². The van der Waals surface area contributed by atoms with E-state index in [-0.39, 0.29) is 11.8 Å². The van der Waals surface area contributed by atoms with Crippen molar-refractivity contribution in [3.05, 3.63) is 23.0 Å². The number of carboxylic acid groups (broad SMARTS) is 1. The molecule has 1 amide bonds. The van der Waals surface area contributed by atoms with Crippen LogP contribution in [0, 0.1) is 24.7 Å². The summed E-state index contributed by atoms with van der Waals surface area (Å²) >= 11 is 5.76. The van der Waals surface area contributed by atoms with Gasteiger partial charge in [0, 0.05) is 0 Å². The topological polar surface area (TPSA) is 79.3 Å². The maximum atomic E-state index is 12.3. The first-order valence-corrected chi connectivity index (χ1v) is 6.93. The minimum Gasteiger partial charge on any atom is -0.481 e. The Kier molecular flexibility index (Phi) is 4.28. The summed E-state index contributed by atoms with van der Waals surface area (Å²) < 4.78 is 0. The SMILES string of the molecule is Cc1nc(Cl)ccc1NC(=O)[C@H]1CC(C)C[C@H]1C(=O)O. The first kappa shape index (κ1) is 14.8. The average molecular weight is 297 g/mol. The summed E-state index contributed by atoms with van der Waals surface area (Å²) in [6, 6.07) is 3.27. The number of hydrogen-bond acceptors (Lipinski definition) is 3. The van der Waals surface area contributed by atoms with Gasteiger partial charge in [-0.3, -0.25) is 9.59 Å². The second-order valence-electron chi connectivity index (χ2n) is 5.38. The van der Waals surface area contributed by atoms with E-state index in [1.54, 1.807) is 19.1 Å². The lowest BCUT2D eigenvalue weighted by Gasteiger charge is -2.16. The molecule has 0 aliphatic heterocycles. The van der Waals surface area contributed by atoms with Gasteiger partial charge in [0.2, 0.25) is 5.91 Å². The molecule has 1 aromatic heterocycles. The van der Waals surface area contributed by atoms with Crippen LogP contribution in [0.15, 0.2) is 12.1 Å². The smallest absolute Gasteiger partial charge is 0.307 e. The summed E-state index contributed by atoms with van der Waals surface area (Å²) in [7, 11) is 0. The van der Waals surface area contributed by atoms with Gasteiger partial charge in [0.15, 0.2) is 0 Å². The van der Waals surface area contributed by atoms with Crippen LogP contribution in [0.25, 0.3) is 0 Å². The van der Waals surface area contributed by atoms with E-state index < -0.39 is 17.8 Å². The van der Waals surface area contributed by atoms with E-state index in [1.807, 2.05) is 6.92 Å². The maximum Gasteiger partial charge on any atom is 0.307 e. The van der Waals surface area contributed by atoms with Crippen molar-refractivity contribution in [1.29, 1.82) is 0 Å². The molecule has 1 aliphatic carbocycles. The largest absolute Gasteiger partial charge is 0.481 e. The van der Waals surface area contributed by atoms with Crippen LogP contribution < -0.4 is 5.32 Å². The van der Waals surface area contributed by atoms with Gasteiger partial charge in [-0.25, -0.2) is 4.98 Å². The number of hydrogen-bond donors (Lipinski definition) is 2. The second kappa shape index (κ2) is 5.79. The predicted octanol–water partition coefficient (Wildman–Crippen LogP) is 2.73. The summed E-state index contributed by atoms with van der Waals surface area (Å²) in [5.41, 5.74) is 1.19. The molecule has 2 rings (SSSR count). The van der Waals surface area contributed by atoms with Crippen LogP contribution in [0.1, 0.15) is 25.5 Å². The zero-order valence-corrected chi connectivity index (χ0v) is 12.1. The van der Waals surface area contributed by atoms with Gasteiger partial charge >= 0.3 is 5.97 Å². The standard InChI is InChI=1S/C14H17ClN2O3/c1-7-5-9(10(6-7)14(19)20)13(18)17-11-3-4-12(15)16-8(11)2/h3-4,7,9-10H,5-6H2,1-2H3,(H,17,18)(H,19,20)/t7?,9-,10+/m0/s1. The molecular formula is C14H17ClN2O3. The molecule has 1 aromatic rings.